The highest BCUT2D eigenvalue weighted by molar-refractivity contribution is 5.78. The van der Waals surface area contributed by atoms with Gasteiger partial charge < -0.3 is 14.5 Å². The van der Waals surface area contributed by atoms with E-state index in [1.807, 2.05) is 65.1 Å². The predicted octanol–water partition coefficient (Wildman–Crippen LogP) is 1.70. The smallest absolute Gasteiger partial charge is 0.260 e. The van der Waals surface area contributed by atoms with E-state index in [1.54, 1.807) is 6.20 Å². The molecule has 0 N–H and O–H groups in total. The monoisotopic (exact) mass is 378 g/mol. The van der Waals surface area contributed by atoms with Crippen LogP contribution in [-0.2, 0) is 4.79 Å². The molecule has 8 heteroatoms. The zero-order chi connectivity index (χ0) is 19.3. The first kappa shape index (κ1) is 18.0. The van der Waals surface area contributed by atoms with Crippen molar-refractivity contribution in [3.8, 4) is 11.6 Å². The molecular formula is C20H22N6O2. The lowest BCUT2D eigenvalue weighted by Gasteiger charge is -2.35. The van der Waals surface area contributed by atoms with E-state index < -0.39 is 0 Å². The number of aryl methyl sites for hydroxylation is 1. The summed E-state index contributed by atoms with van der Waals surface area (Å²) in [5.41, 5.74) is 0. The minimum atomic E-state index is 0.000480. The minimum Gasteiger partial charge on any atom is -0.484 e. The van der Waals surface area contributed by atoms with Gasteiger partial charge in [-0.2, -0.15) is 0 Å². The summed E-state index contributed by atoms with van der Waals surface area (Å²) in [6.07, 6.45) is 3.60. The van der Waals surface area contributed by atoms with E-state index in [0.29, 0.717) is 18.8 Å². The van der Waals surface area contributed by atoms with Crippen molar-refractivity contribution in [2.24, 2.45) is 0 Å². The Balaban J connectivity index is 1.30. The molecule has 1 aliphatic rings. The molecule has 1 fully saturated rings. The van der Waals surface area contributed by atoms with Crippen LogP contribution in [0.1, 0.15) is 5.82 Å². The molecule has 0 spiro atoms. The minimum absolute atomic E-state index is 0.000480. The Kier molecular flexibility index (Phi) is 5.18. The first-order valence-electron chi connectivity index (χ1n) is 9.25. The lowest BCUT2D eigenvalue weighted by Crippen LogP contribution is -2.50. The van der Waals surface area contributed by atoms with E-state index in [-0.39, 0.29) is 12.5 Å². The molecule has 0 saturated carbocycles. The number of nitrogens with zero attached hydrogens (tertiary/aromatic N) is 6. The SMILES string of the molecule is Cc1nccn1-c1ccc(N2CCN(C(=O)COc3ccccc3)CC2)nn1. The summed E-state index contributed by atoms with van der Waals surface area (Å²) < 4.78 is 7.45. The van der Waals surface area contributed by atoms with Crippen LogP contribution in [0.5, 0.6) is 5.75 Å². The van der Waals surface area contributed by atoms with Crippen molar-refractivity contribution in [1.82, 2.24) is 24.6 Å². The van der Waals surface area contributed by atoms with Crippen molar-refractivity contribution in [3.63, 3.8) is 0 Å². The number of imidazole rings is 1. The molecule has 1 saturated heterocycles. The molecule has 1 amide bonds. The summed E-state index contributed by atoms with van der Waals surface area (Å²) in [6.45, 7) is 4.70. The summed E-state index contributed by atoms with van der Waals surface area (Å²) in [6, 6.07) is 13.3. The Morgan fingerprint density at radius 1 is 1.00 bits per heavy atom. The van der Waals surface area contributed by atoms with Crippen LogP contribution in [0.3, 0.4) is 0 Å². The number of para-hydroxylation sites is 1. The summed E-state index contributed by atoms with van der Waals surface area (Å²) in [4.78, 5) is 20.5. The third-order valence-electron chi connectivity index (χ3n) is 4.77. The fourth-order valence-corrected chi connectivity index (χ4v) is 3.17. The number of carbonyl (C=O) groups excluding carboxylic acids is 1. The van der Waals surface area contributed by atoms with Gasteiger partial charge in [-0.3, -0.25) is 9.36 Å². The fourth-order valence-electron chi connectivity index (χ4n) is 3.17. The van der Waals surface area contributed by atoms with Crippen LogP contribution < -0.4 is 9.64 Å². The van der Waals surface area contributed by atoms with Crippen LogP contribution in [0.25, 0.3) is 5.82 Å². The van der Waals surface area contributed by atoms with Gasteiger partial charge in [-0.15, -0.1) is 10.2 Å². The second-order valence-corrected chi connectivity index (χ2v) is 6.56. The van der Waals surface area contributed by atoms with Gasteiger partial charge in [0.1, 0.15) is 11.6 Å². The molecule has 0 aliphatic carbocycles. The van der Waals surface area contributed by atoms with Crippen molar-refractivity contribution in [2.75, 3.05) is 37.7 Å². The van der Waals surface area contributed by atoms with E-state index in [4.69, 9.17) is 4.74 Å². The number of hydrogen-bond donors (Lipinski definition) is 0. The number of piperazine rings is 1. The molecule has 3 aromatic rings. The largest absolute Gasteiger partial charge is 0.484 e. The first-order chi connectivity index (χ1) is 13.7. The zero-order valence-corrected chi connectivity index (χ0v) is 15.7. The molecule has 0 atom stereocenters. The molecule has 3 heterocycles. The Bertz CT molecular complexity index is 917. The second-order valence-electron chi connectivity index (χ2n) is 6.56. The number of carbonyl (C=O) groups is 1. The van der Waals surface area contributed by atoms with Gasteiger partial charge in [0.25, 0.3) is 5.91 Å². The second kappa shape index (κ2) is 8.08. The van der Waals surface area contributed by atoms with Gasteiger partial charge >= 0.3 is 0 Å². The molecule has 4 rings (SSSR count). The maximum absolute atomic E-state index is 12.4. The quantitative estimate of drug-likeness (QED) is 0.673. The topological polar surface area (TPSA) is 76.4 Å². The van der Waals surface area contributed by atoms with Gasteiger partial charge in [0.15, 0.2) is 18.2 Å². The summed E-state index contributed by atoms with van der Waals surface area (Å²) >= 11 is 0. The summed E-state index contributed by atoms with van der Waals surface area (Å²) in [5.74, 6) is 3.13. The highest BCUT2D eigenvalue weighted by Gasteiger charge is 2.22. The first-order valence-corrected chi connectivity index (χ1v) is 9.25. The van der Waals surface area contributed by atoms with Gasteiger partial charge in [0.2, 0.25) is 0 Å². The van der Waals surface area contributed by atoms with Gasteiger partial charge in [-0.1, -0.05) is 18.2 Å². The molecule has 1 aromatic carbocycles. The van der Waals surface area contributed by atoms with Crippen molar-refractivity contribution >= 4 is 11.7 Å². The van der Waals surface area contributed by atoms with Gasteiger partial charge in [0, 0.05) is 38.6 Å². The van der Waals surface area contributed by atoms with Gasteiger partial charge in [-0.25, -0.2) is 4.98 Å². The van der Waals surface area contributed by atoms with Crippen molar-refractivity contribution in [1.29, 1.82) is 0 Å². The number of rotatable bonds is 5. The summed E-state index contributed by atoms with van der Waals surface area (Å²) in [5, 5.41) is 8.65. The Morgan fingerprint density at radius 3 is 2.36 bits per heavy atom. The number of aromatic nitrogens is 4. The molecule has 0 bridgehead atoms. The normalized spacial score (nSPS) is 14.2. The highest BCUT2D eigenvalue weighted by atomic mass is 16.5. The van der Waals surface area contributed by atoms with Crippen molar-refractivity contribution < 1.29 is 9.53 Å². The maximum atomic E-state index is 12.4. The number of anilines is 1. The Hall–Kier alpha value is -3.42. The number of hydrogen-bond acceptors (Lipinski definition) is 6. The third kappa shape index (κ3) is 3.95. The number of ether oxygens (including phenoxy) is 1. The fraction of sp³-hybridized carbons (Fsp3) is 0.300. The van der Waals surface area contributed by atoms with E-state index >= 15 is 0 Å². The average Bonchev–Trinajstić information content (AvgIpc) is 3.19. The van der Waals surface area contributed by atoms with Crippen LogP contribution in [0.15, 0.2) is 54.9 Å². The molecular weight excluding hydrogens is 356 g/mol. The third-order valence-corrected chi connectivity index (χ3v) is 4.77. The average molecular weight is 378 g/mol. The van der Waals surface area contributed by atoms with Crippen LogP contribution >= 0.6 is 0 Å². The van der Waals surface area contributed by atoms with Crippen molar-refractivity contribution in [3.05, 3.63) is 60.7 Å². The van der Waals surface area contributed by atoms with E-state index in [0.717, 1.165) is 30.5 Å². The molecule has 0 unspecified atom stereocenters. The van der Waals surface area contributed by atoms with Crippen molar-refractivity contribution in [2.45, 2.75) is 6.92 Å². The number of benzene rings is 1. The number of amides is 1. The lowest BCUT2D eigenvalue weighted by molar-refractivity contribution is -0.133. The van der Waals surface area contributed by atoms with Crippen LogP contribution in [0.2, 0.25) is 0 Å². The van der Waals surface area contributed by atoms with Gasteiger partial charge in [0.05, 0.1) is 0 Å². The molecule has 2 aromatic heterocycles. The summed E-state index contributed by atoms with van der Waals surface area (Å²) in [7, 11) is 0. The van der Waals surface area contributed by atoms with Crippen LogP contribution in [0, 0.1) is 6.92 Å². The van der Waals surface area contributed by atoms with E-state index in [1.165, 1.54) is 0 Å². The van der Waals surface area contributed by atoms with Gasteiger partial charge in [-0.05, 0) is 31.2 Å². The molecule has 144 valence electrons. The van der Waals surface area contributed by atoms with E-state index in [2.05, 4.69) is 20.1 Å². The highest BCUT2D eigenvalue weighted by Crippen LogP contribution is 2.15. The maximum Gasteiger partial charge on any atom is 0.260 e. The van der Waals surface area contributed by atoms with Crippen LogP contribution in [-0.4, -0.2) is 63.3 Å². The van der Waals surface area contributed by atoms with E-state index in [9.17, 15) is 4.79 Å². The standard InChI is InChI=1S/C20H22N6O2/c1-16-21-9-10-26(16)19-8-7-18(22-23-19)24-11-13-25(14-12-24)20(27)15-28-17-5-3-2-4-6-17/h2-10H,11-15H2,1H3. The predicted molar refractivity (Wildman–Crippen MR) is 105 cm³/mol. The molecule has 1 aliphatic heterocycles. The lowest BCUT2D eigenvalue weighted by atomic mass is 10.3. The van der Waals surface area contributed by atoms with Crippen LogP contribution in [0.4, 0.5) is 5.82 Å². The molecule has 8 nitrogen and oxygen atoms in total. The Morgan fingerprint density at radius 2 is 1.71 bits per heavy atom. The molecule has 28 heavy (non-hydrogen) atoms. The molecule has 0 radical (unpaired) electrons. The Labute approximate surface area is 163 Å². The zero-order valence-electron chi connectivity index (χ0n) is 15.7.